The molecule has 3 rings (SSSR count). The Kier molecular flexibility index (Phi) is 4.22. The molecule has 108 valence electrons. The third kappa shape index (κ3) is 2.96. The predicted octanol–water partition coefficient (Wildman–Crippen LogP) is 4.00. The van der Waals surface area contributed by atoms with E-state index in [4.69, 9.17) is 10.8 Å². The summed E-state index contributed by atoms with van der Waals surface area (Å²) in [6.07, 6.45) is 9.58. The summed E-state index contributed by atoms with van der Waals surface area (Å²) in [7, 11) is 0. The summed E-state index contributed by atoms with van der Waals surface area (Å²) in [5.74, 6) is 0. The van der Waals surface area contributed by atoms with E-state index in [0.29, 0.717) is 6.04 Å². The fourth-order valence-electron chi connectivity index (χ4n) is 3.12. The first-order valence-corrected chi connectivity index (χ1v) is 8.50. The molecule has 4 heteroatoms. The zero-order valence-corrected chi connectivity index (χ0v) is 12.9. The molecule has 1 fully saturated rings. The number of rotatable bonds is 4. The summed E-state index contributed by atoms with van der Waals surface area (Å²) in [5, 5.41) is 9.08. The van der Waals surface area contributed by atoms with Crippen molar-refractivity contribution in [2.75, 3.05) is 0 Å². The van der Waals surface area contributed by atoms with Gasteiger partial charge in [-0.3, -0.25) is 4.68 Å². The van der Waals surface area contributed by atoms with Gasteiger partial charge in [0.05, 0.1) is 11.7 Å². The van der Waals surface area contributed by atoms with Gasteiger partial charge in [0.2, 0.25) is 0 Å². The van der Waals surface area contributed by atoms with Crippen molar-refractivity contribution in [2.45, 2.75) is 57.5 Å². The van der Waals surface area contributed by atoms with Gasteiger partial charge in [0, 0.05) is 18.7 Å². The van der Waals surface area contributed by atoms with Gasteiger partial charge in [0.15, 0.2) is 0 Å². The number of hydrogen-bond donors (Lipinski definition) is 1. The maximum absolute atomic E-state index is 6.32. The minimum Gasteiger partial charge on any atom is -0.324 e. The average Bonchev–Trinajstić information content (AvgIpc) is 3.09. The van der Waals surface area contributed by atoms with Gasteiger partial charge in [-0.2, -0.15) is 16.4 Å². The van der Waals surface area contributed by atoms with Gasteiger partial charge < -0.3 is 5.73 Å². The number of aryl methyl sites for hydroxylation is 1. The Labute approximate surface area is 124 Å². The SMILES string of the molecule is Cc1cscc1C(N)Cc1ccn(C2CCCCC2)n1. The molecule has 1 unspecified atom stereocenters. The highest BCUT2D eigenvalue weighted by Gasteiger charge is 2.17. The molecule has 0 aliphatic heterocycles. The van der Waals surface area contributed by atoms with E-state index in [1.165, 1.54) is 43.2 Å². The highest BCUT2D eigenvalue weighted by molar-refractivity contribution is 7.08. The first kappa shape index (κ1) is 13.8. The number of thiophene rings is 1. The molecule has 0 saturated heterocycles. The standard InChI is InChI=1S/C16H23N3S/c1-12-10-20-11-15(12)16(17)9-13-7-8-19(18-13)14-5-3-2-4-6-14/h7-8,10-11,14,16H,2-6,9,17H2,1H3. The van der Waals surface area contributed by atoms with Crippen molar-refractivity contribution in [3.05, 3.63) is 39.8 Å². The molecule has 2 aromatic heterocycles. The van der Waals surface area contributed by atoms with Crippen molar-refractivity contribution < 1.29 is 0 Å². The van der Waals surface area contributed by atoms with E-state index in [1.54, 1.807) is 11.3 Å². The molecule has 20 heavy (non-hydrogen) atoms. The zero-order chi connectivity index (χ0) is 13.9. The van der Waals surface area contributed by atoms with Crippen molar-refractivity contribution >= 4 is 11.3 Å². The lowest BCUT2D eigenvalue weighted by Gasteiger charge is -2.21. The second-order valence-electron chi connectivity index (χ2n) is 5.90. The second-order valence-corrected chi connectivity index (χ2v) is 6.64. The molecular weight excluding hydrogens is 266 g/mol. The molecule has 3 nitrogen and oxygen atoms in total. The summed E-state index contributed by atoms with van der Waals surface area (Å²) in [5.41, 5.74) is 10.0. The van der Waals surface area contributed by atoms with Crippen LogP contribution in [0, 0.1) is 6.92 Å². The molecule has 0 radical (unpaired) electrons. The van der Waals surface area contributed by atoms with Gasteiger partial charge in [-0.15, -0.1) is 0 Å². The van der Waals surface area contributed by atoms with Crippen LogP contribution in [-0.4, -0.2) is 9.78 Å². The largest absolute Gasteiger partial charge is 0.324 e. The van der Waals surface area contributed by atoms with Gasteiger partial charge in [0.25, 0.3) is 0 Å². The predicted molar refractivity (Wildman–Crippen MR) is 84.0 cm³/mol. The highest BCUT2D eigenvalue weighted by atomic mass is 32.1. The average molecular weight is 289 g/mol. The van der Waals surface area contributed by atoms with E-state index in [1.807, 2.05) is 0 Å². The molecule has 1 saturated carbocycles. The Morgan fingerprint density at radius 3 is 2.85 bits per heavy atom. The summed E-state index contributed by atoms with van der Waals surface area (Å²) < 4.78 is 2.17. The molecule has 0 spiro atoms. The minimum absolute atomic E-state index is 0.0657. The Hall–Kier alpha value is -1.13. The number of hydrogen-bond acceptors (Lipinski definition) is 3. The quantitative estimate of drug-likeness (QED) is 0.924. The smallest absolute Gasteiger partial charge is 0.0643 e. The molecule has 2 heterocycles. The molecular formula is C16H23N3S. The molecule has 0 aromatic carbocycles. The van der Waals surface area contributed by atoms with E-state index in [2.05, 4.69) is 34.6 Å². The summed E-state index contributed by atoms with van der Waals surface area (Å²) in [6, 6.07) is 2.81. The Morgan fingerprint density at radius 2 is 2.15 bits per heavy atom. The normalized spacial score (nSPS) is 18.3. The van der Waals surface area contributed by atoms with Gasteiger partial charge in [-0.05, 0) is 47.7 Å². The van der Waals surface area contributed by atoms with Crippen LogP contribution in [0.25, 0.3) is 0 Å². The van der Waals surface area contributed by atoms with Crippen LogP contribution in [-0.2, 0) is 6.42 Å². The molecule has 2 N–H and O–H groups in total. The monoisotopic (exact) mass is 289 g/mol. The van der Waals surface area contributed by atoms with Crippen LogP contribution >= 0.6 is 11.3 Å². The number of aromatic nitrogens is 2. The minimum atomic E-state index is 0.0657. The van der Waals surface area contributed by atoms with Crippen LogP contribution in [0.1, 0.15) is 61.0 Å². The fraction of sp³-hybridized carbons (Fsp3) is 0.562. The second kappa shape index (κ2) is 6.10. The molecule has 2 aromatic rings. The topological polar surface area (TPSA) is 43.8 Å². The Balaban J connectivity index is 1.66. The number of nitrogens with zero attached hydrogens (tertiary/aromatic N) is 2. The van der Waals surface area contributed by atoms with Crippen LogP contribution in [0.2, 0.25) is 0 Å². The van der Waals surface area contributed by atoms with E-state index in [0.717, 1.165) is 12.1 Å². The number of nitrogens with two attached hydrogens (primary N) is 1. The van der Waals surface area contributed by atoms with Gasteiger partial charge in [-0.25, -0.2) is 0 Å². The van der Waals surface area contributed by atoms with Gasteiger partial charge in [0.1, 0.15) is 0 Å². The lowest BCUT2D eigenvalue weighted by molar-refractivity contribution is 0.328. The first-order chi connectivity index (χ1) is 9.74. The molecule has 0 bridgehead atoms. The van der Waals surface area contributed by atoms with E-state index < -0.39 is 0 Å². The van der Waals surface area contributed by atoms with Crippen LogP contribution < -0.4 is 5.73 Å². The van der Waals surface area contributed by atoms with Crippen molar-refractivity contribution in [3.8, 4) is 0 Å². The van der Waals surface area contributed by atoms with Crippen molar-refractivity contribution in [3.63, 3.8) is 0 Å². The van der Waals surface area contributed by atoms with Crippen LogP contribution in [0.4, 0.5) is 0 Å². The molecule has 1 aliphatic rings. The molecule has 0 amide bonds. The summed E-state index contributed by atoms with van der Waals surface area (Å²) >= 11 is 1.73. The lowest BCUT2D eigenvalue weighted by Crippen LogP contribution is -2.16. The van der Waals surface area contributed by atoms with E-state index in [9.17, 15) is 0 Å². The van der Waals surface area contributed by atoms with Crippen molar-refractivity contribution in [2.24, 2.45) is 5.73 Å². The third-order valence-corrected chi connectivity index (χ3v) is 5.22. The molecule has 1 aliphatic carbocycles. The van der Waals surface area contributed by atoms with Crippen LogP contribution in [0.5, 0.6) is 0 Å². The van der Waals surface area contributed by atoms with Crippen molar-refractivity contribution in [1.82, 2.24) is 9.78 Å². The maximum atomic E-state index is 6.32. The van der Waals surface area contributed by atoms with Crippen molar-refractivity contribution in [1.29, 1.82) is 0 Å². The van der Waals surface area contributed by atoms with Gasteiger partial charge >= 0.3 is 0 Å². The van der Waals surface area contributed by atoms with E-state index >= 15 is 0 Å². The third-order valence-electron chi connectivity index (χ3n) is 4.34. The lowest BCUT2D eigenvalue weighted by atomic mass is 9.96. The maximum Gasteiger partial charge on any atom is 0.0643 e. The Morgan fingerprint density at radius 1 is 1.35 bits per heavy atom. The highest BCUT2D eigenvalue weighted by Crippen LogP contribution is 2.28. The van der Waals surface area contributed by atoms with Gasteiger partial charge in [-0.1, -0.05) is 19.3 Å². The zero-order valence-electron chi connectivity index (χ0n) is 12.1. The molecule has 1 atom stereocenters. The summed E-state index contributed by atoms with van der Waals surface area (Å²) in [6.45, 7) is 2.13. The fourth-order valence-corrected chi connectivity index (χ4v) is 4.04. The Bertz CT molecular complexity index is 552. The van der Waals surface area contributed by atoms with Crippen LogP contribution in [0.3, 0.4) is 0 Å². The summed E-state index contributed by atoms with van der Waals surface area (Å²) in [4.78, 5) is 0. The first-order valence-electron chi connectivity index (χ1n) is 7.56. The van der Waals surface area contributed by atoms with Crippen LogP contribution in [0.15, 0.2) is 23.0 Å². The van der Waals surface area contributed by atoms with E-state index in [-0.39, 0.29) is 6.04 Å².